The highest BCUT2D eigenvalue weighted by atomic mass is 35.5. The van der Waals surface area contributed by atoms with Gasteiger partial charge in [-0.25, -0.2) is 9.97 Å². The fraction of sp³-hybridized carbons (Fsp3) is 0.448. The second kappa shape index (κ2) is 12.1. The topological polar surface area (TPSA) is 101 Å². The molecule has 2 fully saturated rings. The number of rotatable bonds is 10. The van der Waals surface area contributed by atoms with Crippen LogP contribution in [0.3, 0.4) is 0 Å². The second-order valence-corrected chi connectivity index (χ2v) is 11.8. The largest absolute Gasteiger partial charge is 0.476 e. The quantitative estimate of drug-likeness (QED) is 0.329. The summed E-state index contributed by atoms with van der Waals surface area (Å²) in [5.74, 6) is 0.974. The van der Waals surface area contributed by atoms with E-state index >= 15 is 0 Å². The van der Waals surface area contributed by atoms with E-state index in [9.17, 15) is 9.59 Å². The van der Waals surface area contributed by atoms with Crippen LogP contribution in [0.4, 0.5) is 5.82 Å². The third kappa shape index (κ3) is 6.53. The lowest BCUT2D eigenvalue weighted by Crippen LogP contribution is -2.55. The zero-order valence-electron chi connectivity index (χ0n) is 22.6. The zero-order valence-corrected chi connectivity index (χ0v) is 24.2. The first-order valence-corrected chi connectivity index (χ1v) is 14.4. The molecular formula is C29H34Cl2N6O3. The van der Waals surface area contributed by atoms with E-state index in [4.69, 9.17) is 27.9 Å². The van der Waals surface area contributed by atoms with Crippen molar-refractivity contribution in [1.82, 2.24) is 25.2 Å². The number of carbonyl (C=O) groups is 2. The van der Waals surface area contributed by atoms with E-state index < -0.39 is 5.60 Å². The first-order chi connectivity index (χ1) is 19.2. The molecule has 9 nitrogen and oxygen atoms in total. The first-order valence-electron chi connectivity index (χ1n) is 13.6. The van der Waals surface area contributed by atoms with Gasteiger partial charge in [-0.2, -0.15) is 0 Å². The van der Waals surface area contributed by atoms with Gasteiger partial charge in [0.2, 0.25) is 0 Å². The molecule has 0 radical (unpaired) electrons. The van der Waals surface area contributed by atoms with E-state index in [-0.39, 0.29) is 29.9 Å². The Kier molecular flexibility index (Phi) is 8.51. The van der Waals surface area contributed by atoms with E-state index in [1.807, 2.05) is 22.9 Å². The minimum absolute atomic E-state index is 0.0391. The average molecular weight is 586 g/mol. The van der Waals surface area contributed by atoms with Gasteiger partial charge >= 0.3 is 0 Å². The summed E-state index contributed by atoms with van der Waals surface area (Å²) in [6.07, 6.45) is 11.6. The van der Waals surface area contributed by atoms with Crippen LogP contribution >= 0.6 is 23.2 Å². The van der Waals surface area contributed by atoms with E-state index in [0.717, 1.165) is 44.5 Å². The Morgan fingerprint density at radius 1 is 1.12 bits per heavy atom. The molecular weight excluding hydrogens is 551 g/mol. The number of imidazole rings is 1. The van der Waals surface area contributed by atoms with Gasteiger partial charge in [0, 0.05) is 54.8 Å². The average Bonchev–Trinajstić information content (AvgIpc) is 3.54. The molecule has 2 amide bonds. The molecule has 5 rings (SSSR count). The van der Waals surface area contributed by atoms with Crippen molar-refractivity contribution in [3.63, 3.8) is 0 Å². The maximum absolute atomic E-state index is 13.2. The molecule has 1 unspecified atom stereocenters. The Labute approximate surface area is 244 Å². The summed E-state index contributed by atoms with van der Waals surface area (Å²) in [7, 11) is 0. The van der Waals surface area contributed by atoms with E-state index in [0.29, 0.717) is 27.9 Å². The molecule has 11 heteroatoms. The molecule has 2 aliphatic heterocycles. The monoisotopic (exact) mass is 584 g/mol. The van der Waals surface area contributed by atoms with Gasteiger partial charge in [-0.3, -0.25) is 9.59 Å². The Hall–Kier alpha value is -3.30. The van der Waals surface area contributed by atoms with Crippen LogP contribution in [-0.2, 0) is 11.3 Å². The number of halogens is 2. The molecule has 2 N–H and O–H groups in total. The number of benzene rings is 1. The highest BCUT2D eigenvalue weighted by molar-refractivity contribution is 6.35. The van der Waals surface area contributed by atoms with Crippen molar-refractivity contribution < 1.29 is 14.3 Å². The van der Waals surface area contributed by atoms with E-state index in [1.54, 1.807) is 50.8 Å². The Balaban J connectivity index is 1.13. The molecule has 212 valence electrons. The number of aromatic nitrogens is 3. The number of hydrogen-bond acceptors (Lipinski definition) is 6. The standard InChI is InChI=1S/C29H34Cl2N6O3/c1-29(2,40-25-8-5-20(30)14-24(25)31)28(39)35-21-15-22-6-7-23(16-21)37(22)26-9-4-19(17-34-26)27(38)33-10-3-12-36-13-11-32-18-36/h4-5,8-9,11,13-14,17-18,21-23H,3,6-7,10,12,15-16H2,1-2H3,(H,33,38)(H,35,39)/t21?,22-,23+. The minimum Gasteiger partial charge on any atom is -0.476 e. The van der Waals surface area contributed by atoms with Gasteiger partial charge in [0.25, 0.3) is 11.8 Å². The van der Waals surface area contributed by atoms with Crippen LogP contribution in [0.1, 0.15) is 56.3 Å². The maximum atomic E-state index is 13.2. The minimum atomic E-state index is -1.11. The molecule has 2 aliphatic rings. The van der Waals surface area contributed by atoms with Crippen LogP contribution in [0.25, 0.3) is 0 Å². The molecule has 2 bridgehead atoms. The Morgan fingerprint density at radius 2 is 1.90 bits per heavy atom. The Bertz CT molecular complexity index is 1320. The fourth-order valence-corrected chi connectivity index (χ4v) is 6.01. The van der Waals surface area contributed by atoms with Crippen molar-refractivity contribution in [2.45, 2.75) is 76.2 Å². The predicted octanol–water partition coefficient (Wildman–Crippen LogP) is 4.88. The summed E-state index contributed by atoms with van der Waals surface area (Å²) in [6.45, 7) is 4.85. The highest BCUT2D eigenvalue weighted by Crippen LogP contribution is 2.39. The molecule has 2 aromatic heterocycles. The number of anilines is 1. The summed E-state index contributed by atoms with van der Waals surface area (Å²) >= 11 is 12.2. The fourth-order valence-electron chi connectivity index (χ4n) is 5.57. The second-order valence-electron chi connectivity index (χ2n) is 10.9. The molecule has 1 aromatic carbocycles. The van der Waals surface area contributed by atoms with E-state index in [2.05, 4.69) is 25.5 Å². The molecule has 4 heterocycles. The van der Waals surface area contributed by atoms with Crippen molar-refractivity contribution >= 4 is 40.8 Å². The van der Waals surface area contributed by atoms with Crippen LogP contribution in [0.5, 0.6) is 5.75 Å². The molecule has 0 saturated carbocycles. The van der Waals surface area contributed by atoms with Crippen LogP contribution in [0.2, 0.25) is 10.0 Å². The number of piperidine rings is 1. The van der Waals surface area contributed by atoms with Crippen molar-refractivity contribution in [2.75, 3.05) is 11.4 Å². The predicted molar refractivity (Wildman–Crippen MR) is 155 cm³/mol. The molecule has 3 aromatic rings. The van der Waals surface area contributed by atoms with Gasteiger partial charge < -0.3 is 24.8 Å². The van der Waals surface area contributed by atoms with Crippen molar-refractivity contribution in [3.8, 4) is 5.75 Å². The molecule has 3 atom stereocenters. The lowest BCUT2D eigenvalue weighted by atomic mass is 9.96. The third-order valence-corrected chi connectivity index (χ3v) is 8.12. The smallest absolute Gasteiger partial charge is 0.263 e. The number of ether oxygens (including phenoxy) is 1. The van der Waals surface area contributed by atoms with Crippen LogP contribution < -0.4 is 20.3 Å². The summed E-state index contributed by atoms with van der Waals surface area (Å²) in [5, 5.41) is 7.03. The van der Waals surface area contributed by atoms with Crippen LogP contribution in [0.15, 0.2) is 55.2 Å². The SMILES string of the molecule is CC(C)(Oc1ccc(Cl)cc1Cl)C(=O)NC1C[C@H]2CC[C@@H](C1)N2c1ccc(C(=O)NCCCn2ccnc2)cn1. The van der Waals surface area contributed by atoms with Crippen LogP contribution in [-0.4, -0.2) is 56.6 Å². The van der Waals surface area contributed by atoms with Gasteiger partial charge in [0.15, 0.2) is 5.60 Å². The lowest BCUT2D eigenvalue weighted by Gasteiger charge is -2.40. The number of fused-ring (bicyclic) bond motifs is 2. The number of pyridine rings is 1. The van der Waals surface area contributed by atoms with Gasteiger partial charge in [0.05, 0.1) is 16.9 Å². The van der Waals surface area contributed by atoms with Gasteiger partial charge in [0.1, 0.15) is 11.6 Å². The molecule has 40 heavy (non-hydrogen) atoms. The maximum Gasteiger partial charge on any atom is 0.263 e. The number of nitrogens with zero attached hydrogens (tertiary/aromatic N) is 4. The number of aryl methyl sites for hydroxylation is 1. The summed E-state index contributed by atoms with van der Waals surface area (Å²) in [6, 6.07) is 9.29. The third-order valence-electron chi connectivity index (χ3n) is 7.59. The first kappa shape index (κ1) is 28.2. The number of amides is 2. The van der Waals surface area contributed by atoms with Gasteiger partial charge in [-0.15, -0.1) is 0 Å². The zero-order chi connectivity index (χ0) is 28.3. The van der Waals surface area contributed by atoms with Crippen molar-refractivity contribution in [3.05, 3.63) is 70.9 Å². The molecule has 0 aliphatic carbocycles. The molecule has 0 spiro atoms. The summed E-state index contributed by atoms with van der Waals surface area (Å²) < 4.78 is 7.95. The summed E-state index contributed by atoms with van der Waals surface area (Å²) in [5.41, 5.74) is -0.561. The number of hydrogen-bond donors (Lipinski definition) is 2. The van der Waals surface area contributed by atoms with Crippen molar-refractivity contribution in [1.29, 1.82) is 0 Å². The normalized spacial score (nSPS) is 20.3. The highest BCUT2D eigenvalue weighted by Gasteiger charge is 2.43. The Morgan fingerprint density at radius 3 is 2.55 bits per heavy atom. The van der Waals surface area contributed by atoms with E-state index in [1.165, 1.54) is 0 Å². The summed E-state index contributed by atoms with van der Waals surface area (Å²) in [4.78, 5) is 36.8. The molecule has 2 saturated heterocycles. The number of carbonyl (C=O) groups excluding carboxylic acids is 2. The van der Waals surface area contributed by atoms with Crippen LogP contribution in [0, 0.1) is 0 Å². The van der Waals surface area contributed by atoms with Gasteiger partial charge in [-0.1, -0.05) is 23.2 Å². The number of nitrogens with one attached hydrogen (secondary N) is 2. The van der Waals surface area contributed by atoms with Crippen molar-refractivity contribution in [2.24, 2.45) is 0 Å². The van der Waals surface area contributed by atoms with Gasteiger partial charge in [-0.05, 0) is 76.3 Å². The lowest BCUT2D eigenvalue weighted by molar-refractivity contribution is -0.135.